The number of hydrogen-bond donors (Lipinski definition) is 2. The van der Waals surface area contributed by atoms with E-state index in [1.165, 1.54) is 0 Å². The van der Waals surface area contributed by atoms with Crippen LogP contribution in [0.1, 0.15) is 16.1 Å². The van der Waals surface area contributed by atoms with Crippen molar-refractivity contribution in [1.82, 2.24) is 15.2 Å². The van der Waals surface area contributed by atoms with Crippen molar-refractivity contribution in [3.8, 4) is 0 Å². The maximum absolute atomic E-state index is 12.3. The van der Waals surface area contributed by atoms with Gasteiger partial charge < -0.3 is 15.5 Å². The molecule has 0 atom stereocenters. The van der Waals surface area contributed by atoms with Crippen molar-refractivity contribution in [3.63, 3.8) is 0 Å². The molecule has 2 heterocycles. The number of aryl methyl sites for hydroxylation is 1. The van der Waals surface area contributed by atoms with Crippen LogP contribution in [-0.2, 0) is 4.79 Å². The number of anilines is 1. The zero-order chi connectivity index (χ0) is 13.1. The van der Waals surface area contributed by atoms with Gasteiger partial charge in [0.05, 0.1) is 6.54 Å². The first-order chi connectivity index (χ1) is 8.60. The Kier molecular flexibility index (Phi) is 3.45. The highest BCUT2D eigenvalue weighted by Gasteiger charge is 2.22. The summed E-state index contributed by atoms with van der Waals surface area (Å²) in [6.45, 7) is 3.00. The third-order valence-electron chi connectivity index (χ3n) is 2.78. The number of nitrogens with zero attached hydrogens (tertiary/aromatic N) is 2. The van der Waals surface area contributed by atoms with Crippen molar-refractivity contribution in [2.45, 2.75) is 6.92 Å². The number of carbonyl (C=O) groups is 2. The average molecular weight is 248 g/mol. The molecule has 6 heteroatoms. The highest BCUT2D eigenvalue weighted by Crippen LogP contribution is 2.12. The number of amides is 2. The van der Waals surface area contributed by atoms with E-state index < -0.39 is 0 Å². The molecule has 1 aliphatic rings. The molecule has 1 fully saturated rings. The Morgan fingerprint density at radius 1 is 1.50 bits per heavy atom. The molecule has 0 saturated carbocycles. The van der Waals surface area contributed by atoms with Crippen molar-refractivity contribution in [1.29, 1.82) is 0 Å². The van der Waals surface area contributed by atoms with Gasteiger partial charge in [-0.2, -0.15) is 0 Å². The molecular formula is C12H16N4O2. The third kappa shape index (κ3) is 2.58. The van der Waals surface area contributed by atoms with E-state index in [0.717, 1.165) is 5.69 Å². The molecule has 6 nitrogen and oxygen atoms in total. The number of nitrogens with one attached hydrogen (secondary N) is 2. The molecule has 1 aromatic heterocycles. The van der Waals surface area contributed by atoms with Crippen LogP contribution >= 0.6 is 0 Å². The van der Waals surface area contributed by atoms with Crippen molar-refractivity contribution in [2.75, 3.05) is 32.0 Å². The molecule has 18 heavy (non-hydrogen) atoms. The Morgan fingerprint density at radius 2 is 2.28 bits per heavy atom. The van der Waals surface area contributed by atoms with Crippen LogP contribution < -0.4 is 10.6 Å². The van der Waals surface area contributed by atoms with Gasteiger partial charge in [0.25, 0.3) is 5.91 Å². The van der Waals surface area contributed by atoms with Crippen LogP contribution in [0.25, 0.3) is 0 Å². The number of carbonyl (C=O) groups excluding carboxylic acids is 2. The molecule has 0 radical (unpaired) electrons. The van der Waals surface area contributed by atoms with Gasteiger partial charge in [-0.25, -0.2) is 4.98 Å². The number of piperazine rings is 1. The lowest BCUT2D eigenvalue weighted by molar-refractivity contribution is -0.123. The Bertz CT molecular complexity index is 487. The summed E-state index contributed by atoms with van der Waals surface area (Å²) in [5.74, 6) is 0.404. The van der Waals surface area contributed by atoms with E-state index in [1.807, 2.05) is 6.92 Å². The number of hydrogen-bond acceptors (Lipinski definition) is 4. The van der Waals surface area contributed by atoms with E-state index in [4.69, 9.17) is 0 Å². The molecule has 2 rings (SSSR count). The average Bonchev–Trinajstić information content (AvgIpc) is 2.37. The van der Waals surface area contributed by atoms with Gasteiger partial charge in [0.2, 0.25) is 5.91 Å². The first kappa shape index (κ1) is 12.3. The topological polar surface area (TPSA) is 74.3 Å². The molecule has 0 bridgehead atoms. The maximum Gasteiger partial charge on any atom is 0.254 e. The molecule has 1 aromatic rings. The lowest BCUT2D eigenvalue weighted by atomic mass is 10.2. The van der Waals surface area contributed by atoms with Gasteiger partial charge in [-0.05, 0) is 19.1 Å². The van der Waals surface area contributed by atoms with Crippen LogP contribution in [0.5, 0.6) is 0 Å². The van der Waals surface area contributed by atoms with E-state index in [-0.39, 0.29) is 18.4 Å². The molecule has 0 spiro atoms. The van der Waals surface area contributed by atoms with Crippen molar-refractivity contribution >= 4 is 17.6 Å². The SMILES string of the molecule is CNc1cc(C(=O)N2CCNC(=O)C2)cc(C)n1. The Morgan fingerprint density at radius 3 is 2.94 bits per heavy atom. The number of pyridine rings is 1. The summed E-state index contributed by atoms with van der Waals surface area (Å²) in [5, 5.41) is 5.61. The van der Waals surface area contributed by atoms with E-state index >= 15 is 0 Å². The highest BCUT2D eigenvalue weighted by molar-refractivity contribution is 5.97. The molecule has 0 unspecified atom stereocenters. The van der Waals surface area contributed by atoms with Gasteiger partial charge in [0, 0.05) is 31.4 Å². The Labute approximate surface area is 105 Å². The minimum absolute atomic E-state index is 0.116. The van der Waals surface area contributed by atoms with Gasteiger partial charge in [-0.15, -0.1) is 0 Å². The van der Waals surface area contributed by atoms with Gasteiger partial charge in [0.15, 0.2) is 0 Å². The van der Waals surface area contributed by atoms with Crippen LogP contribution in [0.3, 0.4) is 0 Å². The predicted molar refractivity (Wildman–Crippen MR) is 67.4 cm³/mol. The van der Waals surface area contributed by atoms with Crippen LogP contribution in [0.2, 0.25) is 0 Å². The molecule has 96 valence electrons. The smallest absolute Gasteiger partial charge is 0.254 e. The molecule has 1 aliphatic heterocycles. The van der Waals surface area contributed by atoms with Crippen LogP contribution in [0.15, 0.2) is 12.1 Å². The lowest BCUT2D eigenvalue weighted by Gasteiger charge is -2.26. The molecule has 0 aromatic carbocycles. The summed E-state index contributed by atoms with van der Waals surface area (Å²) in [7, 11) is 1.75. The summed E-state index contributed by atoms with van der Waals surface area (Å²) >= 11 is 0. The fraction of sp³-hybridized carbons (Fsp3) is 0.417. The monoisotopic (exact) mass is 248 g/mol. The predicted octanol–water partition coefficient (Wildman–Crippen LogP) is 0.00372. The second kappa shape index (κ2) is 5.03. The fourth-order valence-corrected chi connectivity index (χ4v) is 1.91. The minimum Gasteiger partial charge on any atom is -0.373 e. The second-order valence-electron chi connectivity index (χ2n) is 4.21. The van der Waals surface area contributed by atoms with Gasteiger partial charge in [-0.3, -0.25) is 9.59 Å². The van der Waals surface area contributed by atoms with Gasteiger partial charge in [-0.1, -0.05) is 0 Å². The first-order valence-corrected chi connectivity index (χ1v) is 5.82. The van der Waals surface area contributed by atoms with E-state index in [2.05, 4.69) is 15.6 Å². The maximum atomic E-state index is 12.3. The normalized spacial score (nSPS) is 15.2. The summed E-state index contributed by atoms with van der Waals surface area (Å²) in [6, 6.07) is 3.43. The summed E-state index contributed by atoms with van der Waals surface area (Å²) in [5.41, 5.74) is 1.33. The molecule has 0 aliphatic carbocycles. The lowest BCUT2D eigenvalue weighted by Crippen LogP contribution is -2.50. The summed E-state index contributed by atoms with van der Waals surface area (Å²) in [6.07, 6.45) is 0. The van der Waals surface area contributed by atoms with Crippen molar-refractivity contribution < 1.29 is 9.59 Å². The van der Waals surface area contributed by atoms with Gasteiger partial charge in [0.1, 0.15) is 5.82 Å². The van der Waals surface area contributed by atoms with E-state index in [0.29, 0.717) is 24.5 Å². The molecule has 2 N–H and O–H groups in total. The largest absolute Gasteiger partial charge is 0.373 e. The Hall–Kier alpha value is -2.11. The van der Waals surface area contributed by atoms with Crippen LogP contribution in [0.4, 0.5) is 5.82 Å². The molecule has 1 saturated heterocycles. The third-order valence-corrected chi connectivity index (χ3v) is 2.78. The van der Waals surface area contributed by atoms with Gasteiger partial charge >= 0.3 is 0 Å². The van der Waals surface area contributed by atoms with E-state index in [1.54, 1.807) is 24.1 Å². The van der Waals surface area contributed by atoms with Crippen LogP contribution in [-0.4, -0.2) is 48.4 Å². The standard InChI is InChI=1S/C12H16N4O2/c1-8-5-9(6-10(13-2)15-8)12(18)16-4-3-14-11(17)7-16/h5-6H,3-4,7H2,1-2H3,(H,13,15)(H,14,17). The Balaban J connectivity index is 2.22. The van der Waals surface area contributed by atoms with Crippen molar-refractivity contribution in [2.24, 2.45) is 0 Å². The number of rotatable bonds is 2. The zero-order valence-electron chi connectivity index (χ0n) is 10.5. The first-order valence-electron chi connectivity index (χ1n) is 5.82. The minimum atomic E-state index is -0.133. The van der Waals surface area contributed by atoms with Crippen molar-refractivity contribution in [3.05, 3.63) is 23.4 Å². The number of aromatic nitrogens is 1. The second-order valence-corrected chi connectivity index (χ2v) is 4.21. The quantitative estimate of drug-likeness (QED) is 0.773. The summed E-state index contributed by atoms with van der Waals surface area (Å²) in [4.78, 5) is 29.3. The highest BCUT2D eigenvalue weighted by atomic mass is 16.2. The van der Waals surface area contributed by atoms with Crippen LogP contribution in [0, 0.1) is 6.92 Å². The summed E-state index contributed by atoms with van der Waals surface area (Å²) < 4.78 is 0. The molecular weight excluding hydrogens is 232 g/mol. The molecule has 2 amide bonds. The zero-order valence-corrected chi connectivity index (χ0v) is 10.5. The fourth-order valence-electron chi connectivity index (χ4n) is 1.91. The van der Waals surface area contributed by atoms with E-state index in [9.17, 15) is 9.59 Å².